The molecule has 0 bridgehead atoms. The van der Waals surface area contributed by atoms with Crippen molar-refractivity contribution in [3.05, 3.63) is 40.9 Å². The minimum Gasteiger partial charge on any atom is -0.0985 e. The van der Waals surface area contributed by atoms with Gasteiger partial charge in [-0.3, -0.25) is 0 Å². The minimum absolute atomic E-state index is 0.910. The second-order valence-electron chi connectivity index (χ2n) is 3.99. The van der Waals surface area contributed by atoms with E-state index >= 15 is 0 Å². The van der Waals surface area contributed by atoms with E-state index < -0.39 is 0 Å². The Hall–Kier alpha value is -1.66. The largest absolute Gasteiger partial charge is 0.361 e. The second kappa shape index (κ2) is 5.14. The molecule has 0 atom stereocenters. The van der Waals surface area contributed by atoms with Crippen LogP contribution in [0.3, 0.4) is 0 Å². The van der Waals surface area contributed by atoms with E-state index in [9.17, 15) is 0 Å². The first-order chi connectivity index (χ1) is 9.28. The van der Waals surface area contributed by atoms with E-state index in [2.05, 4.69) is 28.4 Å². The number of hydrogen-bond acceptors (Lipinski definition) is 4. The fourth-order valence-electron chi connectivity index (χ4n) is 1.77. The maximum atomic E-state index is 4.56. The average Bonchev–Trinajstić information content (AvgIpc) is 2.98. The van der Waals surface area contributed by atoms with Gasteiger partial charge in [0.1, 0.15) is 0 Å². The van der Waals surface area contributed by atoms with Crippen LogP contribution < -0.4 is 4.52 Å². The summed E-state index contributed by atoms with van der Waals surface area (Å²) in [4.78, 5) is 1.04. The van der Waals surface area contributed by atoms with Crippen molar-refractivity contribution in [2.75, 3.05) is 6.26 Å². The molecule has 0 fully saturated rings. The van der Waals surface area contributed by atoms with Crippen LogP contribution in [-0.2, 0) is 7.05 Å². The molecule has 0 aliphatic carbocycles. The third-order valence-corrected chi connectivity index (χ3v) is 4.34. The van der Waals surface area contributed by atoms with Gasteiger partial charge in [-0.1, -0.05) is 62.5 Å². The maximum Gasteiger partial charge on any atom is 0.361 e. The molecular formula is C13H13N4S2+. The second-order valence-corrected chi connectivity index (χ2v) is 5.75. The van der Waals surface area contributed by atoms with Crippen LogP contribution >= 0.6 is 23.1 Å². The monoisotopic (exact) mass is 289 g/mol. The molecule has 3 rings (SSSR count). The normalized spacial score (nSPS) is 11.7. The zero-order valence-corrected chi connectivity index (χ0v) is 12.3. The first-order valence-electron chi connectivity index (χ1n) is 5.81. The molecule has 96 valence electrons. The lowest BCUT2D eigenvalue weighted by atomic mass is 10.2. The molecule has 0 radical (unpaired) electrons. The molecule has 0 N–H and O–H groups in total. The van der Waals surface area contributed by atoms with E-state index in [1.54, 1.807) is 23.1 Å². The Kier molecular flexibility index (Phi) is 3.35. The SMILES string of the molecule is CSc1nn(C)c2sc(/C=C/c3ccccc3)n[n+]12. The summed E-state index contributed by atoms with van der Waals surface area (Å²) in [5, 5.41) is 10.8. The van der Waals surface area contributed by atoms with Crippen molar-refractivity contribution in [1.82, 2.24) is 14.9 Å². The Labute approximate surface area is 119 Å². The van der Waals surface area contributed by atoms with E-state index in [0.717, 1.165) is 15.1 Å². The predicted octanol–water partition coefficient (Wildman–Crippen LogP) is 2.51. The fourth-order valence-corrected chi connectivity index (χ4v) is 3.16. The number of hydrogen-bond donors (Lipinski definition) is 0. The van der Waals surface area contributed by atoms with Gasteiger partial charge in [-0.15, -0.1) is 0 Å². The van der Waals surface area contributed by atoms with Gasteiger partial charge in [0.2, 0.25) is 0 Å². The van der Waals surface area contributed by atoms with Gasteiger partial charge in [0.05, 0.1) is 12.1 Å². The first kappa shape index (κ1) is 12.4. The van der Waals surface area contributed by atoms with Crippen molar-refractivity contribution >= 4 is 40.2 Å². The summed E-state index contributed by atoms with van der Waals surface area (Å²) in [5.74, 6) is 0. The van der Waals surface area contributed by atoms with Crippen molar-refractivity contribution in [2.24, 2.45) is 7.05 Å². The molecule has 0 spiro atoms. The van der Waals surface area contributed by atoms with Crippen LogP contribution in [-0.4, -0.2) is 21.1 Å². The number of nitrogens with zero attached hydrogens (tertiary/aromatic N) is 4. The smallest absolute Gasteiger partial charge is 0.0985 e. The van der Waals surface area contributed by atoms with Crippen LogP contribution in [0, 0.1) is 0 Å². The van der Waals surface area contributed by atoms with Crippen LogP contribution in [0.4, 0.5) is 0 Å². The summed E-state index contributed by atoms with van der Waals surface area (Å²) in [5.41, 5.74) is 1.18. The van der Waals surface area contributed by atoms with Gasteiger partial charge in [0.25, 0.3) is 0 Å². The molecule has 1 aromatic carbocycles. The Morgan fingerprint density at radius 3 is 2.79 bits per heavy atom. The maximum absolute atomic E-state index is 4.56. The minimum atomic E-state index is 0.910. The number of aromatic nitrogens is 4. The highest BCUT2D eigenvalue weighted by Crippen LogP contribution is 2.16. The summed E-state index contributed by atoms with van der Waals surface area (Å²) in [7, 11) is 1.94. The lowest BCUT2D eigenvalue weighted by Crippen LogP contribution is -2.23. The number of fused-ring (bicyclic) bond motifs is 1. The van der Waals surface area contributed by atoms with Gasteiger partial charge in [-0.25, -0.2) is 0 Å². The Morgan fingerprint density at radius 2 is 2.05 bits per heavy atom. The molecule has 0 saturated heterocycles. The van der Waals surface area contributed by atoms with Gasteiger partial charge < -0.3 is 0 Å². The third-order valence-electron chi connectivity index (χ3n) is 2.67. The van der Waals surface area contributed by atoms with Crippen LogP contribution in [0.2, 0.25) is 0 Å². The first-order valence-corrected chi connectivity index (χ1v) is 7.85. The van der Waals surface area contributed by atoms with Crippen molar-refractivity contribution < 1.29 is 4.52 Å². The number of benzene rings is 1. The molecule has 0 amide bonds. The molecule has 3 aromatic rings. The zero-order valence-electron chi connectivity index (χ0n) is 10.6. The molecule has 0 aliphatic heterocycles. The summed E-state index contributed by atoms with van der Waals surface area (Å²) in [6.45, 7) is 0. The third kappa shape index (κ3) is 2.41. The Morgan fingerprint density at radius 1 is 1.26 bits per heavy atom. The van der Waals surface area contributed by atoms with E-state index in [4.69, 9.17) is 0 Å². The predicted molar refractivity (Wildman–Crippen MR) is 79.2 cm³/mol. The molecule has 6 heteroatoms. The van der Waals surface area contributed by atoms with Gasteiger partial charge in [0, 0.05) is 0 Å². The summed E-state index contributed by atoms with van der Waals surface area (Å²) in [6, 6.07) is 10.2. The number of thioether (sulfide) groups is 1. The van der Waals surface area contributed by atoms with Crippen molar-refractivity contribution in [3.8, 4) is 0 Å². The Bertz CT molecular complexity index is 728. The van der Waals surface area contributed by atoms with E-state index in [1.807, 2.05) is 46.8 Å². The van der Waals surface area contributed by atoms with Gasteiger partial charge in [-0.05, 0) is 29.2 Å². The van der Waals surface area contributed by atoms with Gasteiger partial charge in [-0.2, -0.15) is 0 Å². The topological polar surface area (TPSA) is 34.8 Å². The van der Waals surface area contributed by atoms with Gasteiger partial charge in [0.15, 0.2) is 5.01 Å². The van der Waals surface area contributed by atoms with E-state index in [1.165, 1.54) is 5.56 Å². The fraction of sp³-hybridized carbons (Fsp3) is 0.154. The summed E-state index contributed by atoms with van der Waals surface area (Å²) in [6.07, 6.45) is 6.12. The molecule has 0 saturated carbocycles. The molecule has 0 unspecified atom stereocenters. The standard InChI is InChI=1S/C13H13N4S2/c1-16-13-17(12(15-16)18-2)14-11(19-13)9-8-10-6-4-3-5-7-10/h3-9H,1-2H3/q+1/b9-8+. The quantitative estimate of drug-likeness (QED) is 0.549. The molecule has 0 aliphatic rings. The Balaban J connectivity index is 1.96. The molecule has 19 heavy (non-hydrogen) atoms. The number of aryl methyl sites for hydroxylation is 1. The van der Waals surface area contributed by atoms with Crippen LogP contribution in [0.5, 0.6) is 0 Å². The van der Waals surface area contributed by atoms with Crippen molar-refractivity contribution in [3.63, 3.8) is 0 Å². The highest BCUT2D eigenvalue weighted by molar-refractivity contribution is 7.98. The van der Waals surface area contributed by atoms with E-state index in [-0.39, 0.29) is 0 Å². The highest BCUT2D eigenvalue weighted by Gasteiger charge is 2.20. The van der Waals surface area contributed by atoms with Crippen LogP contribution in [0.1, 0.15) is 10.6 Å². The molecule has 2 heterocycles. The molecule has 4 nitrogen and oxygen atoms in total. The van der Waals surface area contributed by atoms with Crippen LogP contribution in [0.15, 0.2) is 35.5 Å². The zero-order chi connectivity index (χ0) is 13.2. The lowest BCUT2D eigenvalue weighted by Gasteiger charge is -1.88. The summed E-state index contributed by atoms with van der Waals surface area (Å²) < 4.78 is 3.75. The number of rotatable bonds is 3. The lowest BCUT2D eigenvalue weighted by molar-refractivity contribution is -0.617. The van der Waals surface area contributed by atoms with Crippen molar-refractivity contribution in [2.45, 2.75) is 5.16 Å². The molecular weight excluding hydrogens is 276 g/mol. The van der Waals surface area contributed by atoms with Crippen molar-refractivity contribution in [1.29, 1.82) is 0 Å². The van der Waals surface area contributed by atoms with Crippen LogP contribution in [0.25, 0.3) is 17.1 Å². The molecule has 2 aromatic heterocycles. The average molecular weight is 289 g/mol. The van der Waals surface area contributed by atoms with Gasteiger partial charge >= 0.3 is 10.1 Å². The summed E-state index contributed by atoms with van der Waals surface area (Å²) >= 11 is 3.23. The highest BCUT2D eigenvalue weighted by atomic mass is 32.2. The van der Waals surface area contributed by atoms with E-state index in [0.29, 0.717) is 0 Å².